The molecule has 0 spiro atoms. The lowest BCUT2D eigenvalue weighted by molar-refractivity contribution is -0.140. The van der Waals surface area contributed by atoms with Gasteiger partial charge in [0.1, 0.15) is 12.6 Å². The Balaban J connectivity index is 2.05. The lowest BCUT2D eigenvalue weighted by Gasteiger charge is -2.34. The van der Waals surface area contributed by atoms with E-state index in [9.17, 15) is 26.8 Å². The van der Waals surface area contributed by atoms with Crippen molar-refractivity contribution in [1.29, 1.82) is 0 Å². The smallest absolute Gasteiger partial charge is 0.244 e. The van der Waals surface area contributed by atoms with Crippen molar-refractivity contribution in [3.05, 3.63) is 101 Å². The van der Waals surface area contributed by atoms with Gasteiger partial charge in [-0.15, -0.1) is 0 Å². The van der Waals surface area contributed by atoms with Gasteiger partial charge < -0.3 is 10.2 Å². The quantitative estimate of drug-likeness (QED) is 0.304. The Morgan fingerprint density at radius 2 is 1.62 bits per heavy atom. The molecule has 1 N–H and O–H groups in total. The molecule has 0 aromatic heterocycles. The van der Waals surface area contributed by atoms with Gasteiger partial charge in [-0.05, 0) is 42.2 Å². The minimum Gasteiger partial charge on any atom is -0.354 e. The van der Waals surface area contributed by atoms with Crippen molar-refractivity contribution in [2.45, 2.75) is 45.7 Å². The Morgan fingerprint density at radius 3 is 2.25 bits per heavy atom. The van der Waals surface area contributed by atoms with E-state index in [0.717, 1.165) is 58.3 Å². The third-order valence-corrected chi connectivity index (χ3v) is 7.71. The normalized spacial score (nSPS) is 12.0. The van der Waals surface area contributed by atoms with Crippen molar-refractivity contribution in [2.75, 3.05) is 23.7 Å². The van der Waals surface area contributed by atoms with Crippen molar-refractivity contribution in [2.24, 2.45) is 0 Å². The molecule has 0 fully saturated rings. The Bertz CT molecular complexity index is 1420. The molecule has 7 nitrogen and oxygen atoms in total. The SMILES string of the molecule is CCCCNC(=O)C(Cc1ccccc1)N(Cc1ccccc1C)C(=O)CN(c1ccc(F)c(F)c1)S(C)(=O)=O. The maximum absolute atomic E-state index is 14.0. The fourth-order valence-corrected chi connectivity index (χ4v) is 5.13. The van der Waals surface area contributed by atoms with Crippen LogP contribution in [0.3, 0.4) is 0 Å². The summed E-state index contributed by atoms with van der Waals surface area (Å²) < 4.78 is 53.8. The minimum atomic E-state index is -4.08. The molecule has 0 aliphatic carbocycles. The fraction of sp³-hybridized carbons (Fsp3) is 0.333. The van der Waals surface area contributed by atoms with Gasteiger partial charge in [0.15, 0.2) is 11.6 Å². The van der Waals surface area contributed by atoms with E-state index >= 15 is 0 Å². The topological polar surface area (TPSA) is 86.8 Å². The van der Waals surface area contributed by atoms with Crippen LogP contribution in [-0.2, 0) is 32.6 Å². The Morgan fingerprint density at radius 1 is 0.950 bits per heavy atom. The molecule has 3 rings (SSSR count). The van der Waals surface area contributed by atoms with Crippen molar-refractivity contribution < 1.29 is 26.8 Å². The molecule has 3 aromatic carbocycles. The van der Waals surface area contributed by atoms with E-state index in [2.05, 4.69) is 5.32 Å². The zero-order valence-corrected chi connectivity index (χ0v) is 23.8. The summed E-state index contributed by atoms with van der Waals surface area (Å²) in [6.45, 7) is 3.65. The number of amides is 2. The van der Waals surface area contributed by atoms with Gasteiger partial charge in [-0.3, -0.25) is 13.9 Å². The number of carbonyl (C=O) groups is 2. The van der Waals surface area contributed by atoms with Gasteiger partial charge in [0.05, 0.1) is 11.9 Å². The van der Waals surface area contributed by atoms with Gasteiger partial charge in [-0.2, -0.15) is 0 Å². The molecule has 0 bridgehead atoms. The summed E-state index contributed by atoms with van der Waals surface area (Å²) >= 11 is 0. The number of halogens is 2. The van der Waals surface area contributed by atoms with E-state index in [1.165, 1.54) is 4.90 Å². The standard InChI is InChI=1S/C30H35F2N3O4S/c1-4-5-17-33-30(37)28(18-23-12-7-6-8-13-23)34(20-24-14-10-9-11-22(24)2)29(36)21-35(40(3,38)39)25-15-16-26(31)27(32)19-25/h6-16,19,28H,4-5,17-18,20-21H2,1-3H3,(H,33,37). The lowest BCUT2D eigenvalue weighted by atomic mass is 10.0. The van der Waals surface area contributed by atoms with Crippen LogP contribution in [0.2, 0.25) is 0 Å². The molecule has 2 amide bonds. The summed E-state index contributed by atoms with van der Waals surface area (Å²) in [5.41, 5.74) is 2.30. The average molecular weight is 572 g/mol. The van der Waals surface area contributed by atoms with Crippen LogP contribution >= 0.6 is 0 Å². The number of nitrogens with zero attached hydrogens (tertiary/aromatic N) is 2. The highest BCUT2D eigenvalue weighted by Gasteiger charge is 2.33. The second kappa shape index (κ2) is 14.0. The number of unbranched alkanes of at least 4 members (excludes halogenated alkanes) is 1. The van der Waals surface area contributed by atoms with Gasteiger partial charge >= 0.3 is 0 Å². The Kier molecular flexibility index (Phi) is 10.8. The van der Waals surface area contributed by atoms with E-state index in [4.69, 9.17) is 0 Å². The molecule has 40 heavy (non-hydrogen) atoms. The summed E-state index contributed by atoms with van der Waals surface area (Å²) in [6.07, 6.45) is 2.70. The highest BCUT2D eigenvalue weighted by atomic mass is 32.2. The first kappa shape index (κ1) is 30.7. The molecule has 0 heterocycles. The summed E-state index contributed by atoms with van der Waals surface area (Å²) in [5, 5.41) is 2.91. The van der Waals surface area contributed by atoms with Crippen LogP contribution in [-0.4, -0.2) is 50.5 Å². The molecule has 10 heteroatoms. The number of aryl methyl sites for hydroxylation is 1. The number of hydrogen-bond donors (Lipinski definition) is 1. The molecule has 1 atom stereocenters. The van der Waals surface area contributed by atoms with Crippen LogP contribution in [0.15, 0.2) is 72.8 Å². The highest BCUT2D eigenvalue weighted by molar-refractivity contribution is 7.92. The van der Waals surface area contributed by atoms with Crippen molar-refractivity contribution in [3.8, 4) is 0 Å². The monoisotopic (exact) mass is 571 g/mol. The average Bonchev–Trinajstić information content (AvgIpc) is 2.91. The molecular formula is C30H35F2N3O4S. The fourth-order valence-electron chi connectivity index (χ4n) is 4.29. The number of sulfonamides is 1. The molecule has 0 radical (unpaired) electrons. The summed E-state index contributed by atoms with van der Waals surface area (Å²) in [7, 11) is -4.08. The number of anilines is 1. The largest absolute Gasteiger partial charge is 0.354 e. The van der Waals surface area contributed by atoms with Crippen LogP contribution in [0.5, 0.6) is 0 Å². The van der Waals surface area contributed by atoms with E-state index < -0.39 is 40.2 Å². The summed E-state index contributed by atoms with van der Waals surface area (Å²) in [4.78, 5) is 28.9. The maximum atomic E-state index is 14.0. The van der Waals surface area contributed by atoms with Crippen LogP contribution in [0.25, 0.3) is 0 Å². The maximum Gasteiger partial charge on any atom is 0.244 e. The molecule has 3 aromatic rings. The van der Waals surface area contributed by atoms with Gasteiger partial charge in [-0.1, -0.05) is 67.9 Å². The van der Waals surface area contributed by atoms with Crippen LogP contribution < -0.4 is 9.62 Å². The van der Waals surface area contributed by atoms with E-state index in [1.54, 1.807) is 0 Å². The number of rotatable bonds is 13. The zero-order valence-electron chi connectivity index (χ0n) is 22.9. The van der Waals surface area contributed by atoms with Gasteiger partial charge in [0.25, 0.3) is 0 Å². The predicted octanol–water partition coefficient (Wildman–Crippen LogP) is 4.60. The highest BCUT2D eigenvalue weighted by Crippen LogP contribution is 2.23. The van der Waals surface area contributed by atoms with Crippen molar-refractivity contribution in [1.82, 2.24) is 10.2 Å². The van der Waals surface area contributed by atoms with Crippen LogP contribution in [0.1, 0.15) is 36.5 Å². The summed E-state index contributed by atoms with van der Waals surface area (Å²) in [6, 6.07) is 18.3. The first-order valence-electron chi connectivity index (χ1n) is 13.1. The van der Waals surface area contributed by atoms with Gasteiger partial charge in [-0.25, -0.2) is 17.2 Å². The Hall–Kier alpha value is -3.79. The number of benzene rings is 3. The number of nitrogens with one attached hydrogen (secondary N) is 1. The van der Waals surface area contributed by atoms with E-state index in [-0.39, 0.29) is 24.6 Å². The molecule has 0 saturated heterocycles. The molecule has 0 aliphatic heterocycles. The summed E-state index contributed by atoms with van der Waals surface area (Å²) in [5.74, 6) is -3.41. The lowest BCUT2D eigenvalue weighted by Crippen LogP contribution is -2.53. The van der Waals surface area contributed by atoms with Crippen molar-refractivity contribution >= 4 is 27.5 Å². The molecular weight excluding hydrogens is 536 g/mol. The van der Waals surface area contributed by atoms with E-state index in [1.807, 2.05) is 68.4 Å². The number of carbonyl (C=O) groups excluding carboxylic acids is 2. The minimum absolute atomic E-state index is 0.0413. The molecule has 0 aliphatic rings. The molecule has 0 saturated carbocycles. The van der Waals surface area contributed by atoms with Crippen molar-refractivity contribution in [3.63, 3.8) is 0 Å². The second-order valence-corrected chi connectivity index (χ2v) is 11.6. The third-order valence-electron chi connectivity index (χ3n) is 6.57. The number of hydrogen-bond acceptors (Lipinski definition) is 4. The van der Waals surface area contributed by atoms with E-state index in [0.29, 0.717) is 6.54 Å². The first-order valence-corrected chi connectivity index (χ1v) is 14.9. The van der Waals surface area contributed by atoms with Gasteiger partial charge in [0.2, 0.25) is 21.8 Å². The zero-order chi connectivity index (χ0) is 29.3. The van der Waals surface area contributed by atoms with Gasteiger partial charge in [0, 0.05) is 25.6 Å². The third kappa shape index (κ3) is 8.35. The van der Waals surface area contributed by atoms with Crippen LogP contribution in [0.4, 0.5) is 14.5 Å². The second-order valence-electron chi connectivity index (χ2n) is 9.67. The first-order chi connectivity index (χ1) is 19.0. The predicted molar refractivity (Wildman–Crippen MR) is 152 cm³/mol. The molecule has 1 unspecified atom stereocenters. The Labute approximate surface area is 234 Å². The molecule has 214 valence electrons. The van der Waals surface area contributed by atoms with Crippen LogP contribution in [0, 0.1) is 18.6 Å².